The van der Waals surface area contributed by atoms with Crippen LogP contribution in [0, 0.1) is 0 Å². The highest BCUT2D eigenvalue weighted by molar-refractivity contribution is 5.96. The standard InChI is InChI=1S/C21H23NO3/c1-21(2,3)15-9-10-18-16(12-15)14(13-25-18)11-20(23)22-17-7-5-6-8-19(17)24-4/h5-10,12-13H,11H2,1-4H3,(H,22,23). The van der Waals surface area contributed by atoms with Crippen LogP contribution in [0.25, 0.3) is 11.0 Å². The quantitative estimate of drug-likeness (QED) is 0.735. The molecule has 0 fully saturated rings. The van der Waals surface area contributed by atoms with Crippen LogP contribution in [0.15, 0.2) is 53.1 Å². The average molecular weight is 337 g/mol. The summed E-state index contributed by atoms with van der Waals surface area (Å²) in [6.07, 6.45) is 1.91. The molecular weight excluding hydrogens is 314 g/mol. The summed E-state index contributed by atoms with van der Waals surface area (Å²) in [7, 11) is 1.59. The molecule has 0 spiro atoms. The number of furan rings is 1. The molecule has 0 aliphatic rings. The van der Waals surface area contributed by atoms with Gasteiger partial charge in [0.05, 0.1) is 25.5 Å². The molecule has 1 heterocycles. The van der Waals surface area contributed by atoms with Gasteiger partial charge in [0.2, 0.25) is 5.91 Å². The molecule has 0 radical (unpaired) electrons. The van der Waals surface area contributed by atoms with Crippen molar-refractivity contribution in [3.63, 3.8) is 0 Å². The fraction of sp³-hybridized carbons (Fsp3) is 0.286. The zero-order valence-corrected chi connectivity index (χ0v) is 15.1. The molecule has 3 rings (SSSR count). The lowest BCUT2D eigenvalue weighted by Crippen LogP contribution is -2.15. The van der Waals surface area contributed by atoms with E-state index < -0.39 is 0 Å². The van der Waals surface area contributed by atoms with Gasteiger partial charge in [-0.3, -0.25) is 4.79 Å². The van der Waals surface area contributed by atoms with Gasteiger partial charge in [-0.1, -0.05) is 39.0 Å². The topological polar surface area (TPSA) is 51.5 Å². The summed E-state index contributed by atoms with van der Waals surface area (Å²) < 4.78 is 10.9. The zero-order chi connectivity index (χ0) is 18.0. The number of rotatable bonds is 4. The molecule has 0 aliphatic carbocycles. The van der Waals surface area contributed by atoms with E-state index in [1.54, 1.807) is 13.4 Å². The maximum atomic E-state index is 12.5. The first-order valence-corrected chi connectivity index (χ1v) is 8.32. The van der Waals surface area contributed by atoms with Crippen molar-refractivity contribution in [3.05, 3.63) is 59.9 Å². The summed E-state index contributed by atoms with van der Waals surface area (Å²) in [6, 6.07) is 13.5. The number of fused-ring (bicyclic) bond motifs is 1. The molecule has 130 valence electrons. The number of nitrogens with one attached hydrogen (secondary N) is 1. The number of benzene rings is 2. The Morgan fingerprint density at radius 1 is 1.16 bits per heavy atom. The Kier molecular flexibility index (Phi) is 4.53. The van der Waals surface area contributed by atoms with Gasteiger partial charge in [0, 0.05) is 10.9 Å². The predicted octanol–water partition coefficient (Wildman–Crippen LogP) is 4.92. The normalized spacial score (nSPS) is 11.5. The number of ether oxygens (including phenoxy) is 1. The average Bonchev–Trinajstić information content (AvgIpc) is 2.96. The van der Waals surface area contributed by atoms with Crippen molar-refractivity contribution in [3.8, 4) is 5.75 Å². The third-order valence-corrected chi connectivity index (χ3v) is 4.25. The Labute approximate surface area is 147 Å². The minimum Gasteiger partial charge on any atom is -0.495 e. The Balaban J connectivity index is 1.84. The largest absolute Gasteiger partial charge is 0.495 e. The predicted molar refractivity (Wildman–Crippen MR) is 100 cm³/mol. The molecule has 1 N–H and O–H groups in total. The molecule has 1 aromatic heterocycles. The van der Waals surface area contributed by atoms with Crippen molar-refractivity contribution < 1.29 is 13.9 Å². The van der Waals surface area contributed by atoms with Crippen LogP contribution >= 0.6 is 0 Å². The molecule has 2 aromatic carbocycles. The van der Waals surface area contributed by atoms with Gasteiger partial charge in [0.25, 0.3) is 0 Å². The molecule has 1 amide bonds. The smallest absolute Gasteiger partial charge is 0.229 e. The van der Waals surface area contributed by atoms with Crippen molar-refractivity contribution in [1.82, 2.24) is 0 Å². The van der Waals surface area contributed by atoms with Crippen LogP contribution in [0.3, 0.4) is 0 Å². The zero-order valence-electron chi connectivity index (χ0n) is 15.1. The fourth-order valence-electron chi connectivity index (χ4n) is 2.80. The second kappa shape index (κ2) is 6.63. The van der Waals surface area contributed by atoms with Crippen molar-refractivity contribution in [2.75, 3.05) is 12.4 Å². The summed E-state index contributed by atoms with van der Waals surface area (Å²) in [6.45, 7) is 6.51. The van der Waals surface area contributed by atoms with Gasteiger partial charge in [-0.25, -0.2) is 0 Å². The molecule has 0 unspecified atom stereocenters. The van der Waals surface area contributed by atoms with E-state index in [9.17, 15) is 4.79 Å². The van der Waals surface area contributed by atoms with E-state index in [-0.39, 0.29) is 17.7 Å². The van der Waals surface area contributed by atoms with Crippen molar-refractivity contribution >= 4 is 22.6 Å². The maximum Gasteiger partial charge on any atom is 0.229 e. The van der Waals surface area contributed by atoms with E-state index in [0.29, 0.717) is 11.4 Å². The number of methoxy groups -OCH3 is 1. The number of carbonyl (C=O) groups is 1. The van der Waals surface area contributed by atoms with Crippen LogP contribution in [0.4, 0.5) is 5.69 Å². The third-order valence-electron chi connectivity index (χ3n) is 4.25. The fourth-order valence-corrected chi connectivity index (χ4v) is 2.80. The van der Waals surface area contributed by atoms with E-state index in [4.69, 9.17) is 9.15 Å². The lowest BCUT2D eigenvalue weighted by atomic mass is 9.86. The van der Waals surface area contributed by atoms with E-state index in [0.717, 1.165) is 16.5 Å². The lowest BCUT2D eigenvalue weighted by molar-refractivity contribution is -0.115. The van der Waals surface area contributed by atoms with Crippen molar-refractivity contribution in [2.24, 2.45) is 0 Å². The molecule has 25 heavy (non-hydrogen) atoms. The Morgan fingerprint density at radius 2 is 1.92 bits per heavy atom. The van der Waals surface area contributed by atoms with Crippen molar-refractivity contribution in [1.29, 1.82) is 0 Å². The lowest BCUT2D eigenvalue weighted by Gasteiger charge is -2.18. The number of carbonyl (C=O) groups excluding carboxylic acids is 1. The molecule has 0 saturated carbocycles. The number of hydrogen-bond donors (Lipinski definition) is 1. The van der Waals surface area contributed by atoms with Gasteiger partial charge in [-0.2, -0.15) is 0 Å². The summed E-state index contributed by atoms with van der Waals surface area (Å²) in [5.74, 6) is 0.538. The highest BCUT2D eigenvalue weighted by Gasteiger charge is 2.17. The molecule has 4 nitrogen and oxygen atoms in total. The monoisotopic (exact) mass is 337 g/mol. The van der Waals surface area contributed by atoms with Crippen LogP contribution in [0.2, 0.25) is 0 Å². The molecule has 3 aromatic rings. The number of amides is 1. The first kappa shape index (κ1) is 17.1. The van der Waals surface area contributed by atoms with Gasteiger partial charge in [0.15, 0.2) is 0 Å². The minimum absolute atomic E-state index is 0.0440. The summed E-state index contributed by atoms with van der Waals surface area (Å²) in [5.41, 5.74) is 3.61. The highest BCUT2D eigenvalue weighted by atomic mass is 16.5. The van der Waals surface area contributed by atoms with E-state index >= 15 is 0 Å². The second-order valence-electron chi connectivity index (χ2n) is 7.15. The molecular formula is C21H23NO3. The summed E-state index contributed by atoms with van der Waals surface area (Å²) in [4.78, 5) is 12.5. The summed E-state index contributed by atoms with van der Waals surface area (Å²) in [5, 5.41) is 3.89. The van der Waals surface area contributed by atoms with Crippen LogP contribution in [0.1, 0.15) is 31.9 Å². The number of hydrogen-bond acceptors (Lipinski definition) is 3. The van der Waals surface area contributed by atoms with Crippen LogP contribution in [0.5, 0.6) is 5.75 Å². The highest BCUT2D eigenvalue weighted by Crippen LogP contribution is 2.29. The van der Waals surface area contributed by atoms with E-state index in [1.165, 1.54) is 5.56 Å². The second-order valence-corrected chi connectivity index (χ2v) is 7.15. The van der Waals surface area contributed by atoms with Gasteiger partial charge in [0.1, 0.15) is 11.3 Å². The number of anilines is 1. The minimum atomic E-state index is -0.103. The van der Waals surface area contributed by atoms with Crippen molar-refractivity contribution in [2.45, 2.75) is 32.6 Å². The van der Waals surface area contributed by atoms with E-state index in [1.807, 2.05) is 30.3 Å². The first-order valence-electron chi connectivity index (χ1n) is 8.32. The Morgan fingerprint density at radius 3 is 2.64 bits per heavy atom. The maximum absolute atomic E-state index is 12.5. The van der Waals surface area contributed by atoms with Gasteiger partial charge in [-0.05, 0) is 35.2 Å². The van der Waals surface area contributed by atoms with Gasteiger partial charge < -0.3 is 14.5 Å². The Bertz CT molecular complexity index is 903. The van der Waals surface area contributed by atoms with Crippen LogP contribution in [-0.4, -0.2) is 13.0 Å². The van der Waals surface area contributed by atoms with Gasteiger partial charge >= 0.3 is 0 Å². The van der Waals surface area contributed by atoms with Gasteiger partial charge in [-0.15, -0.1) is 0 Å². The Hall–Kier alpha value is -2.75. The summed E-state index contributed by atoms with van der Waals surface area (Å²) >= 11 is 0. The first-order chi connectivity index (χ1) is 11.9. The molecule has 0 atom stereocenters. The van der Waals surface area contributed by atoms with Crippen LogP contribution < -0.4 is 10.1 Å². The molecule has 4 heteroatoms. The molecule has 0 aliphatic heterocycles. The number of para-hydroxylation sites is 2. The SMILES string of the molecule is COc1ccccc1NC(=O)Cc1coc2ccc(C(C)(C)C)cc12. The third kappa shape index (κ3) is 3.68. The molecule has 0 bridgehead atoms. The van der Waals surface area contributed by atoms with E-state index in [2.05, 4.69) is 38.2 Å². The van der Waals surface area contributed by atoms with Crippen LogP contribution in [-0.2, 0) is 16.6 Å². The molecule has 0 saturated heterocycles.